The van der Waals surface area contributed by atoms with Gasteiger partial charge in [0, 0.05) is 11.9 Å². The van der Waals surface area contributed by atoms with E-state index in [9.17, 15) is 14.7 Å². The van der Waals surface area contributed by atoms with E-state index in [0.717, 1.165) is 0 Å². The number of thioether (sulfide) groups is 1. The van der Waals surface area contributed by atoms with Gasteiger partial charge in [0.25, 0.3) is 5.91 Å². The Labute approximate surface area is 101 Å². The van der Waals surface area contributed by atoms with E-state index < -0.39 is 17.9 Å². The van der Waals surface area contributed by atoms with Crippen LogP contribution >= 0.6 is 11.8 Å². The average Bonchev–Trinajstić information content (AvgIpc) is 2.77. The molecule has 1 aliphatic rings. The van der Waals surface area contributed by atoms with Crippen molar-refractivity contribution in [2.24, 2.45) is 0 Å². The lowest BCUT2D eigenvalue weighted by atomic mass is 10.2. The Balaban J connectivity index is 2.23. The molecule has 2 rings (SSSR count). The molecule has 1 aliphatic heterocycles. The molecule has 0 aliphatic carbocycles. The molecule has 2 N–H and O–H groups in total. The van der Waals surface area contributed by atoms with Crippen LogP contribution in [0.1, 0.15) is 10.4 Å². The van der Waals surface area contributed by atoms with Gasteiger partial charge in [-0.25, -0.2) is 4.79 Å². The average molecular weight is 254 g/mol. The van der Waals surface area contributed by atoms with Gasteiger partial charge in [-0.1, -0.05) is 0 Å². The molecule has 0 saturated carbocycles. The third-order valence-electron chi connectivity index (χ3n) is 2.40. The normalized spacial score (nSPS) is 19.3. The largest absolute Gasteiger partial charge is 0.506 e. The predicted molar refractivity (Wildman–Crippen MR) is 60.8 cm³/mol. The van der Waals surface area contributed by atoms with Crippen molar-refractivity contribution in [2.75, 3.05) is 11.6 Å². The molecular weight excluding hydrogens is 244 g/mol. The minimum absolute atomic E-state index is 0.116. The molecule has 0 radical (unpaired) electrons. The van der Waals surface area contributed by atoms with Crippen molar-refractivity contribution >= 4 is 23.6 Å². The topological polar surface area (TPSA) is 90.7 Å². The molecule has 0 bridgehead atoms. The second-order valence-electron chi connectivity index (χ2n) is 3.56. The molecule has 2 heterocycles. The SMILES string of the molecule is O=C(O)[C@@H]1CSCN1C(=O)c1cncc(O)c1. The number of hydrogen-bond donors (Lipinski definition) is 2. The molecule has 7 heteroatoms. The van der Waals surface area contributed by atoms with Gasteiger partial charge < -0.3 is 15.1 Å². The maximum absolute atomic E-state index is 12.0. The summed E-state index contributed by atoms with van der Waals surface area (Å²) in [5, 5.41) is 18.2. The lowest BCUT2D eigenvalue weighted by molar-refractivity contribution is -0.140. The van der Waals surface area contributed by atoms with Gasteiger partial charge in [0.1, 0.15) is 11.8 Å². The van der Waals surface area contributed by atoms with Gasteiger partial charge in [-0.15, -0.1) is 11.8 Å². The molecule has 6 nitrogen and oxygen atoms in total. The molecule has 17 heavy (non-hydrogen) atoms. The number of carboxylic acid groups (broad SMARTS) is 1. The van der Waals surface area contributed by atoms with E-state index in [0.29, 0.717) is 11.6 Å². The Bertz CT molecular complexity index is 465. The van der Waals surface area contributed by atoms with Crippen molar-refractivity contribution in [1.82, 2.24) is 9.88 Å². The molecule has 1 fully saturated rings. The predicted octanol–water partition coefficient (Wildman–Crippen LogP) is 0.387. The van der Waals surface area contributed by atoms with E-state index in [-0.39, 0.29) is 11.3 Å². The summed E-state index contributed by atoms with van der Waals surface area (Å²) in [5.41, 5.74) is 0.193. The number of rotatable bonds is 2. The second-order valence-corrected chi connectivity index (χ2v) is 4.56. The number of aromatic hydroxyl groups is 1. The third-order valence-corrected chi connectivity index (χ3v) is 3.41. The highest BCUT2D eigenvalue weighted by molar-refractivity contribution is 7.99. The number of carboxylic acids is 1. The van der Waals surface area contributed by atoms with Gasteiger partial charge >= 0.3 is 5.97 Å². The fraction of sp³-hybridized carbons (Fsp3) is 0.300. The molecule has 1 aromatic heterocycles. The van der Waals surface area contributed by atoms with E-state index in [1.165, 1.54) is 35.1 Å². The second kappa shape index (κ2) is 4.62. The van der Waals surface area contributed by atoms with E-state index in [2.05, 4.69) is 4.98 Å². The van der Waals surface area contributed by atoms with Crippen molar-refractivity contribution in [3.8, 4) is 5.75 Å². The van der Waals surface area contributed by atoms with Crippen LogP contribution in [0.4, 0.5) is 0 Å². The van der Waals surface area contributed by atoms with E-state index in [4.69, 9.17) is 5.11 Å². The zero-order valence-corrected chi connectivity index (χ0v) is 9.55. The summed E-state index contributed by atoms with van der Waals surface area (Å²) < 4.78 is 0. The zero-order valence-electron chi connectivity index (χ0n) is 8.74. The summed E-state index contributed by atoms with van der Waals surface area (Å²) in [6.45, 7) is 0. The molecule has 90 valence electrons. The highest BCUT2D eigenvalue weighted by Crippen LogP contribution is 2.23. The Morgan fingerprint density at radius 1 is 1.47 bits per heavy atom. The standard InChI is InChI=1S/C10H10N2O4S/c13-7-1-6(2-11-3-7)9(14)12-5-17-4-8(12)10(15)16/h1-3,8,13H,4-5H2,(H,15,16)/t8-/m0/s1. The highest BCUT2D eigenvalue weighted by Gasteiger charge is 2.35. The monoisotopic (exact) mass is 254 g/mol. The Kier molecular flexibility index (Phi) is 3.19. The lowest BCUT2D eigenvalue weighted by Gasteiger charge is -2.20. The zero-order chi connectivity index (χ0) is 12.4. The minimum Gasteiger partial charge on any atom is -0.506 e. The van der Waals surface area contributed by atoms with Crippen LogP contribution in [-0.2, 0) is 4.79 Å². The number of nitrogens with zero attached hydrogens (tertiary/aromatic N) is 2. The fourth-order valence-electron chi connectivity index (χ4n) is 1.56. The van der Waals surface area contributed by atoms with Crippen molar-refractivity contribution in [1.29, 1.82) is 0 Å². The quantitative estimate of drug-likeness (QED) is 0.793. The molecule has 1 atom stereocenters. The fourth-order valence-corrected chi connectivity index (χ4v) is 2.70. The minimum atomic E-state index is -1.02. The number of amides is 1. The van der Waals surface area contributed by atoms with Gasteiger partial charge in [0.15, 0.2) is 0 Å². The summed E-state index contributed by atoms with van der Waals surface area (Å²) in [7, 11) is 0. The van der Waals surface area contributed by atoms with Gasteiger partial charge in [-0.05, 0) is 6.07 Å². The van der Waals surface area contributed by atoms with Gasteiger partial charge in [0.2, 0.25) is 0 Å². The van der Waals surface area contributed by atoms with Crippen molar-refractivity contribution < 1.29 is 19.8 Å². The summed E-state index contributed by atoms with van der Waals surface area (Å²) in [4.78, 5) is 27.9. The van der Waals surface area contributed by atoms with Crippen molar-refractivity contribution in [3.05, 3.63) is 24.0 Å². The van der Waals surface area contributed by atoms with Crippen LogP contribution in [0.25, 0.3) is 0 Å². The van der Waals surface area contributed by atoms with E-state index >= 15 is 0 Å². The van der Waals surface area contributed by atoms with Gasteiger partial charge in [0.05, 0.1) is 17.6 Å². The number of aromatic nitrogens is 1. The number of carbonyl (C=O) groups excluding carboxylic acids is 1. The van der Waals surface area contributed by atoms with Gasteiger partial charge in [-0.3, -0.25) is 9.78 Å². The smallest absolute Gasteiger partial charge is 0.327 e. The van der Waals surface area contributed by atoms with Crippen LogP contribution in [0.3, 0.4) is 0 Å². The maximum Gasteiger partial charge on any atom is 0.327 e. The summed E-state index contributed by atoms with van der Waals surface area (Å²) in [5.74, 6) is -0.837. The number of hydrogen-bond acceptors (Lipinski definition) is 5. The van der Waals surface area contributed by atoms with Crippen molar-refractivity contribution in [2.45, 2.75) is 6.04 Å². The van der Waals surface area contributed by atoms with Crippen molar-refractivity contribution in [3.63, 3.8) is 0 Å². The van der Waals surface area contributed by atoms with Crippen LogP contribution < -0.4 is 0 Å². The molecular formula is C10H10N2O4S. The molecule has 0 unspecified atom stereocenters. The molecule has 1 amide bonds. The van der Waals surface area contributed by atoms with Crippen LogP contribution in [-0.4, -0.2) is 49.6 Å². The Morgan fingerprint density at radius 2 is 2.24 bits per heavy atom. The molecule has 0 aromatic carbocycles. The van der Waals surface area contributed by atoms with Crippen LogP contribution in [0.2, 0.25) is 0 Å². The molecule has 0 spiro atoms. The first-order chi connectivity index (χ1) is 8.09. The summed E-state index contributed by atoms with van der Waals surface area (Å²) >= 11 is 1.39. The summed E-state index contributed by atoms with van der Waals surface area (Å²) in [6, 6.07) is 0.465. The van der Waals surface area contributed by atoms with E-state index in [1.54, 1.807) is 0 Å². The van der Waals surface area contributed by atoms with E-state index in [1.807, 2.05) is 0 Å². The van der Waals surface area contributed by atoms with Gasteiger partial charge in [-0.2, -0.15) is 0 Å². The van der Waals surface area contributed by atoms with Crippen LogP contribution in [0.5, 0.6) is 5.75 Å². The summed E-state index contributed by atoms with van der Waals surface area (Å²) in [6.07, 6.45) is 2.52. The first-order valence-electron chi connectivity index (χ1n) is 4.85. The Morgan fingerprint density at radius 3 is 2.88 bits per heavy atom. The third kappa shape index (κ3) is 2.33. The maximum atomic E-state index is 12.0. The lowest BCUT2D eigenvalue weighted by Crippen LogP contribution is -2.41. The Hall–Kier alpha value is -1.76. The highest BCUT2D eigenvalue weighted by atomic mass is 32.2. The number of carbonyl (C=O) groups is 2. The van der Waals surface area contributed by atoms with Crippen LogP contribution in [0.15, 0.2) is 18.5 Å². The molecule has 1 aromatic rings. The first-order valence-corrected chi connectivity index (χ1v) is 6.00. The number of aliphatic carboxylic acids is 1. The number of pyridine rings is 1. The molecule has 1 saturated heterocycles. The van der Waals surface area contributed by atoms with Crippen LogP contribution in [0, 0.1) is 0 Å². The first kappa shape index (κ1) is 11.7.